The van der Waals surface area contributed by atoms with Gasteiger partial charge in [-0.2, -0.15) is 9.59 Å². The molecular weight excluding hydrogens is 558 g/mol. The van der Waals surface area contributed by atoms with Crippen molar-refractivity contribution >= 4 is 29.7 Å². The number of hydrogen-bond donors (Lipinski definition) is 4. The largest absolute Gasteiger partial charge is 0.506 e. The van der Waals surface area contributed by atoms with Gasteiger partial charge in [-0.25, -0.2) is 4.79 Å². The van der Waals surface area contributed by atoms with Crippen molar-refractivity contribution in [1.29, 1.82) is 0 Å². The molecule has 0 saturated carbocycles. The summed E-state index contributed by atoms with van der Waals surface area (Å²) in [4.78, 5) is 52.1. The van der Waals surface area contributed by atoms with Gasteiger partial charge in [0.1, 0.15) is 11.4 Å². The molecule has 1 aromatic rings. The molecule has 1 rings (SSSR count). The molecule has 2 atom stereocenters. The average Bonchev–Trinajstić information content (AvgIpc) is 2.88. The Morgan fingerprint density at radius 2 is 1.60 bits per heavy atom. The van der Waals surface area contributed by atoms with Crippen LogP contribution in [0.25, 0.3) is 0 Å². The average molecular weight is 606 g/mol. The van der Waals surface area contributed by atoms with Gasteiger partial charge in [0.05, 0.1) is 38.5 Å². The van der Waals surface area contributed by atoms with Gasteiger partial charge in [-0.05, 0) is 68.6 Å². The van der Waals surface area contributed by atoms with Crippen molar-refractivity contribution in [1.82, 2.24) is 10.6 Å². The number of hydrogen-bond acceptors (Lipinski definition) is 9. The summed E-state index contributed by atoms with van der Waals surface area (Å²) in [5.74, 6) is 1.40. The third kappa shape index (κ3) is 19.8. The van der Waals surface area contributed by atoms with Crippen molar-refractivity contribution in [3.63, 3.8) is 0 Å². The van der Waals surface area contributed by atoms with Gasteiger partial charge in [-0.15, -0.1) is 6.42 Å². The second-order valence-corrected chi connectivity index (χ2v) is 11.9. The zero-order valence-electron chi connectivity index (χ0n) is 26.3. The van der Waals surface area contributed by atoms with E-state index in [1.807, 2.05) is 26.7 Å². The summed E-state index contributed by atoms with van der Waals surface area (Å²) in [7, 11) is 0. The molecule has 12 heteroatoms. The lowest BCUT2D eigenvalue weighted by atomic mass is 9.78. The highest BCUT2D eigenvalue weighted by Crippen LogP contribution is 2.31. The van der Waals surface area contributed by atoms with Crippen LogP contribution in [0.15, 0.2) is 18.2 Å². The minimum Gasteiger partial charge on any atom is -0.506 e. The van der Waals surface area contributed by atoms with Gasteiger partial charge in [0.15, 0.2) is 0 Å². The molecule has 43 heavy (non-hydrogen) atoms. The molecule has 0 aliphatic heterocycles. The number of amides is 3. The molecule has 1 unspecified atom stereocenters. The number of carbonyl (C=O) groups excluding carboxylic acids is 5. The summed E-state index contributed by atoms with van der Waals surface area (Å²) in [5.41, 5.74) is 0.580. The number of carbonyl (C=O) groups is 3. The van der Waals surface area contributed by atoms with Crippen LogP contribution in [0.4, 0.5) is 10.5 Å². The Kier molecular flexibility index (Phi) is 18.2. The fourth-order valence-corrected chi connectivity index (χ4v) is 3.53. The first kappa shape index (κ1) is 39.1. The predicted octanol–water partition coefficient (Wildman–Crippen LogP) is 3.43. The van der Waals surface area contributed by atoms with Crippen molar-refractivity contribution in [2.75, 3.05) is 38.3 Å². The lowest BCUT2D eigenvalue weighted by Crippen LogP contribution is -2.42. The lowest BCUT2D eigenvalue weighted by molar-refractivity contribution is -0.191. The molecule has 0 spiro atoms. The Labute approximate surface area is 254 Å². The zero-order chi connectivity index (χ0) is 33.1. The van der Waals surface area contributed by atoms with Crippen molar-refractivity contribution < 1.29 is 43.3 Å². The number of nitrogens with one attached hydrogen (secondary N) is 3. The van der Waals surface area contributed by atoms with Gasteiger partial charge in [-0.3, -0.25) is 9.59 Å². The fourth-order valence-electron chi connectivity index (χ4n) is 3.53. The third-order valence-corrected chi connectivity index (χ3v) is 6.16. The summed E-state index contributed by atoms with van der Waals surface area (Å²) < 4.78 is 16.2. The molecule has 1 aromatic carbocycles. The van der Waals surface area contributed by atoms with E-state index in [9.17, 15) is 19.5 Å². The SMILES string of the molecule is C#CC(=O)NCCOCCOCCC(=O)Nc1cc(C[C@@H](CC(C)C(C)(C)C)NC(=O)OC(C)(C)C)ccc1O.O=C=O. The number of phenolic OH excluding ortho intramolecular Hbond substituents is 1. The summed E-state index contributed by atoms with van der Waals surface area (Å²) in [6, 6.07) is 4.81. The molecule has 0 aliphatic rings. The van der Waals surface area contributed by atoms with Gasteiger partial charge in [0, 0.05) is 12.6 Å². The van der Waals surface area contributed by atoms with Crippen LogP contribution in [0.2, 0.25) is 0 Å². The van der Waals surface area contributed by atoms with Crippen LogP contribution in [-0.2, 0) is 39.8 Å². The van der Waals surface area contributed by atoms with Crippen molar-refractivity contribution in [2.24, 2.45) is 11.3 Å². The molecule has 0 fully saturated rings. The summed E-state index contributed by atoms with van der Waals surface area (Å²) in [6.07, 6.45) is 6.04. The molecule has 0 aromatic heterocycles. The Balaban J connectivity index is 0.00000562. The van der Waals surface area contributed by atoms with Crippen molar-refractivity contribution in [3.05, 3.63) is 23.8 Å². The maximum absolute atomic E-state index is 12.5. The van der Waals surface area contributed by atoms with E-state index in [4.69, 9.17) is 30.2 Å². The molecule has 3 amide bonds. The standard InChI is InChI=1S/C30H47N3O7.CO2/c1-9-26(35)31-13-15-39-17-16-38-14-12-27(36)33-24-20-22(10-11-25(24)34)19-23(18-21(2)29(3,4)5)32-28(37)40-30(6,7)8;2-1-3/h1,10-11,20-21,23,34H,12-19H2,2-8H3,(H,31,35)(H,32,37)(H,33,36);/t21?,23-;/m1./s1. The summed E-state index contributed by atoms with van der Waals surface area (Å²) in [5, 5.41) is 18.5. The number of alkyl carbamates (subject to hydrolysis) is 1. The van der Waals surface area contributed by atoms with E-state index in [-0.39, 0.29) is 48.9 Å². The van der Waals surface area contributed by atoms with E-state index in [1.54, 1.807) is 12.1 Å². The number of aromatic hydroxyl groups is 1. The summed E-state index contributed by atoms with van der Waals surface area (Å²) in [6.45, 7) is 15.5. The first-order valence-corrected chi connectivity index (χ1v) is 14.0. The number of terminal acetylenes is 1. The maximum Gasteiger partial charge on any atom is 0.407 e. The highest BCUT2D eigenvalue weighted by atomic mass is 16.6. The topological polar surface area (TPSA) is 169 Å². The maximum atomic E-state index is 12.5. The number of benzene rings is 1. The molecule has 4 N–H and O–H groups in total. The minimum absolute atomic E-state index is 0.0516. The van der Waals surface area contributed by atoms with E-state index >= 15 is 0 Å². The first-order valence-electron chi connectivity index (χ1n) is 14.0. The zero-order valence-corrected chi connectivity index (χ0v) is 26.3. The van der Waals surface area contributed by atoms with Gasteiger partial charge in [-0.1, -0.05) is 33.8 Å². The molecule has 0 aliphatic carbocycles. The normalized spacial score (nSPS) is 12.3. The van der Waals surface area contributed by atoms with Crippen LogP contribution in [0.5, 0.6) is 5.75 Å². The van der Waals surface area contributed by atoms with Crippen molar-refractivity contribution in [2.45, 2.75) is 79.4 Å². The van der Waals surface area contributed by atoms with E-state index in [2.05, 4.69) is 43.6 Å². The Morgan fingerprint density at radius 1 is 1.00 bits per heavy atom. The van der Waals surface area contributed by atoms with Gasteiger partial charge >= 0.3 is 12.2 Å². The molecule has 0 radical (unpaired) electrons. The van der Waals surface area contributed by atoms with E-state index in [1.165, 1.54) is 6.07 Å². The first-order chi connectivity index (χ1) is 20.0. The Hall–Kier alpha value is -3.91. The molecule has 0 heterocycles. The number of phenols is 1. The van der Waals surface area contributed by atoms with Crippen LogP contribution in [0, 0.1) is 23.7 Å². The highest BCUT2D eigenvalue weighted by molar-refractivity contribution is 5.93. The molecule has 0 bridgehead atoms. The Morgan fingerprint density at radius 3 is 2.16 bits per heavy atom. The van der Waals surface area contributed by atoms with Crippen molar-refractivity contribution in [3.8, 4) is 18.1 Å². The molecule has 240 valence electrons. The van der Waals surface area contributed by atoms with E-state index in [0.717, 1.165) is 12.0 Å². The number of anilines is 1. The van der Waals surface area contributed by atoms with Crippen LogP contribution < -0.4 is 16.0 Å². The second kappa shape index (κ2) is 20.1. The smallest absolute Gasteiger partial charge is 0.407 e. The minimum atomic E-state index is -0.613. The second-order valence-electron chi connectivity index (χ2n) is 11.9. The fraction of sp³-hybridized carbons (Fsp3) is 0.613. The van der Waals surface area contributed by atoms with Gasteiger partial charge in [0.2, 0.25) is 5.91 Å². The van der Waals surface area contributed by atoms with Gasteiger partial charge in [0.25, 0.3) is 5.91 Å². The van der Waals surface area contributed by atoms with E-state index < -0.39 is 17.6 Å². The number of ether oxygens (including phenoxy) is 3. The Bertz CT molecular complexity index is 1100. The highest BCUT2D eigenvalue weighted by Gasteiger charge is 2.26. The van der Waals surface area contributed by atoms with Crippen LogP contribution in [0.1, 0.15) is 66.9 Å². The van der Waals surface area contributed by atoms with E-state index in [0.29, 0.717) is 37.8 Å². The molecule has 12 nitrogen and oxygen atoms in total. The monoisotopic (exact) mass is 605 g/mol. The molecule has 0 saturated heterocycles. The predicted molar refractivity (Wildman–Crippen MR) is 160 cm³/mol. The quantitative estimate of drug-likeness (QED) is 0.133. The van der Waals surface area contributed by atoms with Crippen LogP contribution in [-0.4, -0.2) is 73.8 Å². The van der Waals surface area contributed by atoms with Crippen LogP contribution in [0.3, 0.4) is 0 Å². The van der Waals surface area contributed by atoms with Crippen LogP contribution >= 0.6 is 0 Å². The lowest BCUT2D eigenvalue weighted by Gasteiger charge is -2.32. The third-order valence-electron chi connectivity index (χ3n) is 6.16. The molecular formula is C31H47N3O9. The number of rotatable bonds is 15. The summed E-state index contributed by atoms with van der Waals surface area (Å²) >= 11 is 0. The van der Waals surface area contributed by atoms with Gasteiger partial charge < -0.3 is 35.3 Å².